The molecule has 0 unspecified atom stereocenters. The highest BCUT2D eigenvalue weighted by Gasteiger charge is 2.10. The molecule has 5 heteroatoms. The molecule has 2 rings (SSSR count). The molecule has 0 saturated heterocycles. The summed E-state index contributed by atoms with van der Waals surface area (Å²) in [6.07, 6.45) is 0.941. The zero-order valence-electron chi connectivity index (χ0n) is 14.3. The lowest BCUT2D eigenvalue weighted by atomic mass is 10.0. The first-order valence-corrected chi connectivity index (χ1v) is 8.38. The summed E-state index contributed by atoms with van der Waals surface area (Å²) in [5.41, 5.74) is 2.34. The first-order valence-electron chi connectivity index (χ1n) is 7.97. The second-order valence-electron chi connectivity index (χ2n) is 5.41. The first-order chi connectivity index (χ1) is 11.7. The number of hydrogen-bond donors (Lipinski definition) is 2. The van der Waals surface area contributed by atoms with Crippen LogP contribution >= 0.6 is 12.2 Å². The summed E-state index contributed by atoms with van der Waals surface area (Å²) in [6, 6.07) is 16.2. The fraction of sp³-hybridized carbons (Fsp3) is 0.316. The molecule has 4 nitrogen and oxygen atoms in total. The lowest BCUT2D eigenvalue weighted by Crippen LogP contribution is -2.37. The van der Waals surface area contributed by atoms with Gasteiger partial charge in [0.15, 0.2) is 5.11 Å². The van der Waals surface area contributed by atoms with Gasteiger partial charge in [-0.25, -0.2) is 0 Å². The summed E-state index contributed by atoms with van der Waals surface area (Å²) < 4.78 is 10.4. The average molecular weight is 344 g/mol. The van der Waals surface area contributed by atoms with Crippen molar-refractivity contribution in [2.45, 2.75) is 25.9 Å². The van der Waals surface area contributed by atoms with Crippen molar-refractivity contribution >= 4 is 17.3 Å². The van der Waals surface area contributed by atoms with Crippen LogP contribution < -0.4 is 20.1 Å². The van der Waals surface area contributed by atoms with E-state index in [2.05, 4.69) is 29.7 Å². The van der Waals surface area contributed by atoms with E-state index >= 15 is 0 Å². The Balaban J connectivity index is 1.88. The fourth-order valence-corrected chi connectivity index (χ4v) is 2.61. The summed E-state index contributed by atoms with van der Waals surface area (Å²) in [5.74, 6) is 1.71. The molecule has 0 spiro atoms. The normalized spacial score (nSPS) is 11.5. The van der Waals surface area contributed by atoms with E-state index in [0.717, 1.165) is 23.5 Å². The van der Waals surface area contributed by atoms with Gasteiger partial charge in [-0.1, -0.05) is 31.2 Å². The molecule has 0 aliphatic heterocycles. The monoisotopic (exact) mass is 344 g/mol. The van der Waals surface area contributed by atoms with E-state index in [4.69, 9.17) is 21.7 Å². The molecular weight excluding hydrogens is 320 g/mol. The van der Waals surface area contributed by atoms with Crippen LogP contribution in [0.15, 0.2) is 48.5 Å². The van der Waals surface area contributed by atoms with Crippen LogP contribution in [-0.2, 0) is 6.54 Å². The van der Waals surface area contributed by atoms with E-state index in [0.29, 0.717) is 11.7 Å². The topological polar surface area (TPSA) is 42.5 Å². The molecule has 2 N–H and O–H groups in total. The summed E-state index contributed by atoms with van der Waals surface area (Å²) in [6.45, 7) is 2.81. The summed E-state index contributed by atoms with van der Waals surface area (Å²) >= 11 is 5.42. The van der Waals surface area contributed by atoms with Crippen molar-refractivity contribution in [2.24, 2.45) is 0 Å². The SMILES string of the molecule is CC[C@H](NC(=S)NCc1ccc(OC)cc1)c1ccc(OC)cc1. The highest BCUT2D eigenvalue weighted by Crippen LogP contribution is 2.20. The predicted octanol–water partition coefficient (Wildman–Crippen LogP) is 3.82. The van der Waals surface area contributed by atoms with E-state index in [9.17, 15) is 0 Å². The lowest BCUT2D eigenvalue weighted by molar-refractivity contribution is 0.414. The Labute approximate surface area is 149 Å². The molecule has 0 saturated carbocycles. The van der Waals surface area contributed by atoms with Crippen molar-refractivity contribution < 1.29 is 9.47 Å². The molecule has 0 aliphatic carbocycles. The highest BCUT2D eigenvalue weighted by molar-refractivity contribution is 7.80. The molecule has 2 aromatic rings. The van der Waals surface area contributed by atoms with E-state index < -0.39 is 0 Å². The van der Waals surface area contributed by atoms with Crippen LogP contribution in [0.3, 0.4) is 0 Å². The van der Waals surface area contributed by atoms with Crippen LogP contribution in [0.2, 0.25) is 0 Å². The third-order valence-electron chi connectivity index (χ3n) is 3.84. The summed E-state index contributed by atoms with van der Waals surface area (Å²) in [4.78, 5) is 0. The molecule has 2 aromatic carbocycles. The zero-order valence-corrected chi connectivity index (χ0v) is 15.2. The molecule has 24 heavy (non-hydrogen) atoms. The smallest absolute Gasteiger partial charge is 0.167 e. The maximum absolute atomic E-state index is 5.42. The second-order valence-corrected chi connectivity index (χ2v) is 5.82. The van der Waals surface area contributed by atoms with Gasteiger partial charge in [0.25, 0.3) is 0 Å². The van der Waals surface area contributed by atoms with Gasteiger partial charge in [0.1, 0.15) is 11.5 Å². The maximum atomic E-state index is 5.42. The number of benzene rings is 2. The van der Waals surface area contributed by atoms with Crippen molar-refractivity contribution in [2.75, 3.05) is 14.2 Å². The third kappa shape index (κ3) is 5.13. The quantitative estimate of drug-likeness (QED) is 0.748. The number of nitrogens with one attached hydrogen (secondary N) is 2. The molecule has 0 aromatic heterocycles. The Hall–Kier alpha value is -2.27. The molecular formula is C19H24N2O2S. The van der Waals surface area contributed by atoms with Crippen molar-refractivity contribution in [1.29, 1.82) is 0 Å². The number of ether oxygens (including phenoxy) is 2. The Morgan fingerprint density at radius 3 is 2.00 bits per heavy atom. The van der Waals surface area contributed by atoms with Gasteiger partial charge < -0.3 is 20.1 Å². The van der Waals surface area contributed by atoms with Crippen LogP contribution in [0.1, 0.15) is 30.5 Å². The fourth-order valence-electron chi connectivity index (χ4n) is 2.39. The van der Waals surface area contributed by atoms with Crippen LogP contribution in [0.4, 0.5) is 0 Å². The van der Waals surface area contributed by atoms with E-state index in [1.54, 1.807) is 14.2 Å². The number of thiocarbonyl (C=S) groups is 1. The van der Waals surface area contributed by atoms with Crippen molar-refractivity contribution in [1.82, 2.24) is 10.6 Å². The predicted molar refractivity (Wildman–Crippen MR) is 102 cm³/mol. The number of rotatable bonds is 7. The van der Waals surface area contributed by atoms with Crippen LogP contribution in [0.5, 0.6) is 11.5 Å². The maximum Gasteiger partial charge on any atom is 0.167 e. The third-order valence-corrected chi connectivity index (χ3v) is 4.11. The zero-order chi connectivity index (χ0) is 17.4. The van der Waals surface area contributed by atoms with E-state index in [1.165, 1.54) is 5.56 Å². The van der Waals surface area contributed by atoms with Gasteiger partial charge in [0.05, 0.1) is 20.3 Å². The second kappa shape index (κ2) is 9.13. The molecule has 0 amide bonds. The highest BCUT2D eigenvalue weighted by atomic mass is 32.1. The van der Waals surface area contributed by atoms with Crippen LogP contribution in [-0.4, -0.2) is 19.3 Å². The summed E-state index contributed by atoms with van der Waals surface area (Å²) in [5, 5.41) is 7.26. The minimum Gasteiger partial charge on any atom is -0.497 e. The average Bonchev–Trinajstić information content (AvgIpc) is 2.65. The molecule has 128 valence electrons. The number of methoxy groups -OCH3 is 2. The molecule has 0 fully saturated rings. The molecule has 0 heterocycles. The summed E-state index contributed by atoms with van der Waals surface area (Å²) in [7, 11) is 3.33. The van der Waals surface area contributed by atoms with Gasteiger partial charge in [0, 0.05) is 6.54 Å². The Morgan fingerprint density at radius 2 is 1.50 bits per heavy atom. The van der Waals surface area contributed by atoms with Crippen molar-refractivity contribution in [3.05, 3.63) is 59.7 Å². The first kappa shape index (κ1) is 18.1. The molecule has 0 radical (unpaired) electrons. The van der Waals surface area contributed by atoms with E-state index in [-0.39, 0.29) is 6.04 Å². The largest absolute Gasteiger partial charge is 0.497 e. The Morgan fingerprint density at radius 1 is 0.958 bits per heavy atom. The standard InChI is InChI=1S/C19H24N2O2S/c1-4-18(15-7-11-17(23-3)12-8-15)21-19(24)20-13-14-5-9-16(22-2)10-6-14/h5-12,18H,4,13H2,1-3H3,(H2,20,21,24)/t18-/m0/s1. The lowest BCUT2D eigenvalue weighted by Gasteiger charge is -2.20. The van der Waals surface area contributed by atoms with Gasteiger partial charge in [-0.3, -0.25) is 0 Å². The Kier molecular flexibility index (Phi) is 6.88. The molecule has 0 aliphatic rings. The number of hydrogen-bond acceptors (Lipinski definition) is 3. The van der Waals surface area contributed by atoms with E-state index in [1.807, 2.05) is 36.4 Å². The molecule has 0 bridgehead atoms. The minimum atomic E-state index is 0.173. The van der Waals surface area contributed by atoms with Crippen LogP contribution in [0, 0.1) is 0 Å². The van der Waals surface area contributed by atoms with Crippen LogP contribution in [0.25, 0.3) is 0 Å². The van der Waals surface area contributed by atoms with Crippen molar-refractivity contribution in [3.8, 4) is 11.5 Å². The van der Waals surface area contributed by atoms with Gasteiger partial charge >= 0.3 is 0 Å². The van der Waals surface area contributed by atoms with Gasteiger partial charge in [0.2, 0.25) is 0 Å². The molecule has 1 atom stereocenters. The van der Waals surface area contributed by atoms with Gasteiger partial charge in [-0.05, 0) is 54.0 Å². The Bertz CT molecular complexity index is 641. The minimum absolute atomic E-state index is 0.173. The van der Waals surface area contributed by atoms with Gasteiger partial charge in [-0.2, -0.15) is 0 Å². The van der Waals surface area contributed by atoms with Gasteiger partial charge in [-0.15, -0.1) is 0 Å². The van der Waals surface area contributed by atoms with Crippen molar-refractivity contribution in [3.63, 3.8) is 0 Å².